The summed E-state index contributed by atoms with van der Waals surface area (Å²) in [4.78, 5) is 29.0. The summed E-state index contributed by atoms with van der Waals surface area (Å²) in [5.74, 6) is -2.01. The predicted molar refractivity (Wildman–Crippen MR) is 91.8 cm³/mol. The number of likely N-dealkylation sites (tertiary alicyclic amines) is 1. The van der Waals surface area contributed by atoms with Crippen molar-refractivity contribution in [1.29, 1.82) is 0 Å². The van der Waals surface area contributed by atoms with Gasteiger partial charge in [0.25, 0.3) is 0 Å². The zero-order valence-electron chi connectivity index (χ0n) is 14.7. The quantitative estimate of drug-likeness (QED) is 0.801. The molecule has 1 aromatic carbocycles. The molecule has 1 unspecified atom stereocenters. The number of benzene rings is 1. The van der Waals surface area contributed by atoms with E-state index in [0.29, 0.717) is 19.4 Å². The Hall–Kier alpha value is -2.95. The Labute approximate surface area is 158 Å². The normalized spacial score (nSPS) is 18.0. The molecule has 0 bridgehead atoms. The lowest BCUT2D eigenvalue weighted by molar-refractivity contribution is -0.144. The number of halogens is 3. The van der Waals surface area contributed by atoms with E-state index in [0.717, 1.165) is 12.1 Å². The van der Waals surface area contributed by atoms with Gasteiger partial charge in [0.2, 0.25) is 5.91 Å². The number of carbonyl (C=O) groups is 2. The summed E-state index contributed by atoms with van der Waals surface area (Å²) < 4.78 is 40.4. The molecular formula is C17H18F3N5O3. The SMILES string of the molecule is O=C(CN1CCCC(C(=O)O)C1)Nc1cc(C(F)(F)F)ccc1-n1cncn1. The minimum Gasteiger partial charge on any atom is -0.481 e. The molecule has 2 N–H and O–H groups in total. The molecule has 1 aliphatic rings. The van der Waals surface area contributed by atoms with Gasteiger partial charge in [0.15, 0.2) is 0 Å². The zero-order valence-corrected chi connectivity index (χ0v) is 14.7. The molecule has 1 saturated heterocycles. The maximum Gasteiger partial charge on any atom is 0.416 e. The molecule has 3 rings (SSSR count). The fraction of sp³-hybridized carbons (Fsp3) is 0.412. The average molecular weight is 397 g/mol. The highest BCUT2D eigenvalue weighted by atomic mass is 19.4. The number of hydrogen-bond donors (Lipinski definition) is 2. The van der Waals surface area contributed by atoms with E-state index in [1.807, 2.05) is 0 Å². The summed E-state index contributed by atoms with van der Waals surface area (Å²) in [5.41, 5.74) is -0.728. The summed E-state index contributed by atoms with van der Waals surface area (Å²) in [6.07, 6.45) is -0.860. The largest absolute Gasteiger partial charge is 0.481 e. The number of nitrogens with one attached hydrogen (secondary N) is 1. The molecule has 11 heteroatoms. The molecule has 0 saturated carbocycles. The van der Waals surface area contributed by atoms with Crippen LogP contribution in [0.4, 0.5) is 18.9 Å². The van der Waals surface area contributed by atoms with Crippen LogP contribution >= 0.6 is 0 Å². The Morgan fingerprint density at radius 2 is 2.11 bits per heavy atom. The van der Waals surface area contributed by atoms with Crippen molar-refractivity contribution in [1.82, 2.24) is 19.7 Å². The van der Waals surface area contributed by atoms with Crippen LogP contribution in [-0.4, -0.2) is 56.3 Å². The number of anilines is 1. The minimum atomic E-state index is -4.57. The fourth-order valence-corrected chi connectivity index (χ4v) is 3.14. The molecule has 2 heterocycles. The third kappa shape index (κ3) is 4.66. The van der Waals surface area contributed by atoms with Gasteiger partial charge in [-0.25, -0.2) is 9.67 Å². The molecule has 150 valence electrons. The van der Waals surface area contributed by atoms with Crippen LogP contribution < -0.4 is 5.32 Å². The minimum absolute atomic E-state index is 0.0582. The first kappa shape index (κ1) is 19.8. The van der Waals surface area contributed by atoms with Crippen molar-refractivity contribution in [3.05, 3.63) is 36.4 Å². The van der Waals surface area contributed by atoms with Gasteiger partial charge in [-0.2, -0.15) is 18.3 Å². The third-order valence-corrected chi connectivity index (χ3v) is 4.49. The standard InChI is InChI=1S/C17H18F3N5O3/c18-17(19,20)12-3-4-14(25-10-21-9-22-25)13(6-12)23-15(26)8-24-5-1-2-11(7-24)16(27)28/h3-4,6,9-11H,1-2,5,7-8H2,(H,23,26)(H,27,28). The number of carboxylic acids is 1. The van der Waals surface area contributed by atoms with E-state index in [1.54, 1.807) is 4.90 Å². The Morgan fingerprint density at radius 3 is 2.75 bits per heavy atom. The number of amides is 1. The van der Waals surface area contributed by atoms with Crippen molar-refractivity contribution in [3.63, 3.8) is 0 Å². The Balaban J connectivity index is 1.78. The number of alkyl halides is 3. The van der Waals surface area contributed by atoms with Gasteiger partial charge < -0.3 is 10.4 Å². The van der Waals surface area contributed by atoms with E-state index in [9.17, 15) is 22.8 Å². The molecule has 1 atom stereocenters. The molecule has 1 fully saturated rings. The second-order valence-corrected chi connectivity index (χ2v) is 6.53. The van der Waals surface area contributed by atoms with Crippen molar-refractivity contribution < 1.29 is 27.9 Å². The number of hydrogen-bond acceptors (Lipinski definition) is 5. The van der Waals surface area contributed by atoms with E-state index >= 15 is 0 Å². The summed E-state index contributed by atoms with van der Waals surface area (Å²) in [5, 5.41) is 15.5. The van der Waals surface area contributed by atoms with Crippen LogP contribution in [-0.2, 0) is 15.8 Å². The van der Waals surface area contributed by atoms with Crippen LogP contribution in [0, 0.1) is 5.92 Å². The lowest BCUT2D eigenvalue weighted by atomic mass is 9.98. The molecule has 1 aromatic heterocycles. The van der Waals surface area contributed by atoms with Crippen LogP contribution in [0.3, 0.4) is 0 Å². The highest BCUT2D eigenvalue weighted by Crippen LogP contribution is 2.33. The monoisotopic (exact) mass is 397 g/mol. The first-order chi connectivity index (χ1) is 13.2. The topological polar surface area (TPSA) is 100 Å². The van der Waals surface area contributed by atoms with E-state index < -0.39 is 29.5 Å². The highest BCUT2D eigenvalue weighted by Gasteiger charge is 2.32. The van der Waals surface area contributed by atoms with Gasteiger partial charge in [-0.05, 0) is 37.6 Å². The summed E-state index contributed by atoms with van der Waals surface area (Å²) in [6.45, 7) is 0.661. The van der Waals surface area contributed by atoms with Gasteiger partial charge in [0, 0.05) is 6.54 Å². The number of piperidine rings is 1. The number of nitrogens with zero attached hydrogens (tertiary/aromatic N) is 4. The molecule has 1 aliphatic heterocycles. The van der Waals surface area contributed by atoms with Crippen LogP contribution in [0.25, 0.3) is 5.69 Å². The number of aliphatic carboxylic acids is 1. The van der Waals surface area contributed by atoms with Gasteiger partial charge in [-0.1, -0.05) is 0 Å². The number of aromatic nitrogens is 3. The van der Waals surface area contributed by atoms with Crippen molar-refractivity contribution in [2.75, 3.05) is 25.0 Å². The van der Waals surface area contributed by atoms with Gasteiger partial charge in [0.1, 0.15) is 12.7 Å². The van der Waals surface area contributed by atoms with E-state index in [1.165, 1.54) is 23.4 Å². The highest BCUT2D eigenvalue weighted by molar-refractivity contribution is 5.94. The van der Waals surface area contributed by atoms with Crippen molar-refractivity contribution in [2.45, 2.75) is 19.0 Å². The first-order valence-corrected chi connectivity index (χ1v) is 8.55. The van der Waals surface area contributed by atoms with Crippen molar-refractivity contribution in [2.24, 2.45) is 5.92 Å². The maximum atomic E-state index is 13.1. The number of carboxylic acid groups (broad SMARTS) is 1. The molecular weight excluding hydrogens is 379 g/mol. The van der Waals surface area contributed by atoms with Crippen LogP contribution in [0.15, 0.2) is 30.9 Å². The average Bonchev–Trinajstić information content (AvgIpc) is 3.15. The number of rotatable bonds is 5. The predicted octanol–water partition coefficient (Wildman–Crippen LogP) is 2.02. The third-order valence-electron chi connectivity index (χ3n) is 4.49. The molecule has 2 aromatic rings. The van der Waals surface area contributed by atoms with Crippen LogP contribution in [0.2, 0.25) is 0 Å². The lowest BCUT2D eigenvalue weighted by Gasteiger charge is -2.30. The summed E-state index contributed by atoms with van der Waals surface area (Å²) in [6, 6.07) is 2.94. The Kier molecular flexibility index (Phi) is 5.63. The van der Waals surface area contributed by atoms with Crippen molar-refractivity contribution >= 4 is 17.6 Å². The van der Waals surface area contributed by atoms with E-state index in [4.69, 9.17) is 5.11 Å². The van der Waals surface area contributed by atoms with Crippen LogP contribution in [0.5, 0.6) is 0 Å². The van der Waals surface area contributed by atoms with Crippen LogP contribution in [0.1, 0.15) is 18.4 Å². The van der Waals surface area contributed by atoms with Gasteiger partial charge in [-0.15, -0.1) is 0 Å². The molecule has 1 amide bonds. The fourth-order valence-electron chi connectivity index (χ4n) is 3.14. The number of carbonyl (C=O) groups excluding carboxylic acids is 1. The zero-order chi connectivity index (χ0) is 20.3. The van der Waals surface area contributed by atoms with Gasteiger partial charge in [-0.3, -0.25) is 14.5 Å². The van der Waals surface area contributed by atoms with Gasteiger partial charge >= 0.3 is 12.1 Å². The van der Waals surface area contributed by atoms with Gasteiger partial charge in [0.05, 0.1) is 29.4 Å². The molecule has 8 nitrogen and oxygen atoms in total. The molecule has 0 radical (unpaired) electrons. The second-order valence-electron chi connectivity index (χ2n) is 6.53. The Bertz CT molecular complexity index is 854. The van der Waals surface area contributed by atoms with E-state index in [2.05, 4.69) is 15.4 Å². The first-order valence-electron chi connectivity index (χ1n) is 8.55. The molecule has 0 spiro atoms. The second kappa shape index (κ2) is 7.97. The Morgan fingerprint density at radius 1 is 1.32 bits per heavy atom. The summed E-state index contributed by atoms with van der Waals surface area (Å²) >= 11 is 0. The van der Waals surface area contributed by atoms with Crippen molar-refractivity contribution in [3.8, 4) is 5.69 Å². The van der Waals surface area contributed by atoms with E-state index in [-0.39, 0.29) is 24.5 Å². The smallest absolute Gasteiger partial charge is 0.416 e. The summed E-state index contributed by atoms with van der Waals surface area (Å²) in [7, 11) is 0. The molecule has 28 heavy (non-hydrogen) atoms. The lowest BCUT2D eigenvalue weighted by Crippen LogP contribution is -2.42. The maximum absolute atomic E-state index is 13.1. The molecule has 0 aliphatic carbocycles.